The summed E-state index contributed by atoms with van der Waals surface area (Å²) in [5.74, 6) is 0.689. The van der Waals surface area contributed by atoms with Crippen molar-refractivity contribution >= 4 is 0 Å². The molecular formula is C10H23NO. The van der Waals surface area contributed by atoms with E-state index in [0.29, 0.717) is 12.0 Å². The van der Waals surface area contributed by atoms with Crippen LogP contribution in [0.15, 0.2) is 0 Å². The van der Waals surface area contributed by atoms with Crippen LogP contribution in [-0.2, 0) is 4.74 Å². The molecule has 0 spiro atoms. The predicted molar refractivity (Wildman–Crippen MR) is 52.9 cm³/mol. The Morgan fingerprint density at radius 1 is 1.25 bits per heavy atom. The number of ether oxygens (including phenoxy) is 1. The molecule has 2 atom stereocenters. The summed E-state index contributed by atoms with van der Waals surface area (Å²) >= 11 is 0. The Labute approximate surface area is 76.5 Å². The largest absolute Gasteiger partial charge is 0.361 e. The highest BCUT2D eigenvalue weighted by atomic mass is 16.5. The molecule has 74 valence electrons. The fourth-order valence-electron chi connectivity index (χ4n) is 1.37. The van der Waals surface area contributed by atoms with E-state index in [9.17, 15) is 0 Å². The van der Waals surface area contributed by atoms with Gasteiger partial charge >= 0.3 is 0 Å². The second-order valence-electron chi connectivity index (χ2n) is 3.90. The van der Waals surface area contributed by atoms with Crippen molar-refractivity contribution in [2.45, 2.75) is 59.3 Å². The zero-order chi connectivity index (χ0) is 9.56. The first-order valence-electron chi connectivity index (χ1n) is 4.97. The quantitative estimate of drug-likeness (QED) is 0.626. The summed E-state index contributed by atoms with van der Waals surface area (Å²) in [4.78, 5) is 0. The third-order valence-corrected chi connectivity index (χ3v) is 1.78. The highest BCUT2D eigenvalue weighted by Crippen LogP contribution is 2.09. The molecule has 0 fully saturated rings. The average Bonchev–Trinajstić information content (AvgIpc) is 1.84. The van der Waals surface area contributed by atoms with Gasteiger partial charge in [0.15, 0.2) is 0 Å². The summed E-state index contributed by atoms with van der Waals surface area (Å²) in [7, 11) is 0. The van der Waals surface area contributed by atoms with Gasteiger partial charge in [-0.1, -0.05) is 27.2 Å². The summed E-state index contributed by atoms with van der Waals surface area (Å²) in [6.07, 6.45) is 3.38. The van der Waals surface area contributed by atoms with Crippen molar-refractivity contribution < 1.29 is 4.74 Å². The molecule has 2 heteroatoms. The Balaban J connectivity index is 3.46. The maximum Gasteiger partial charge on any atom is 0.105 e. The SMILES string of the molecule is CCCC(N)O[C@@H](C)CC(C)C. The van der Waals surface area contributed by atoms with Gasteiger partial charge in [-0.3, -0.25) is 0 Å². The van der Waals surface area contributed by atoms with E-state index in [2.05, 4.69) is 27.7 Å². The smallest absolute Gasteiger partial charge is 0.105 e. The number of rotatable bonds is 6. The van der Waals surface area contributed by atoms with E-state index < -0.39 is 0 Å². The molecule has 2 N–H and O–H groups in total. The lowest BCUT2D eigenvalue weighted by atomic mass is 10.1. The Morgan fingerprint density at radius 2 is 1.83 bits per heavy atom. The van der Waals surface area contributed by atoms with Crippen molar-refractivity contribution in [3.8, 4) is 0 Å². The minimum Gasteiger partial charge on any atom is -0.361 e. The number of nitrogens with two attached hydrogens (primary N) is 1. The van der Waals surface area contributed by atoms with Crippen molar-refractivity contribution in [1.82, 2.24) is 0 Å². The molecule has 12 heavy (non-hydrogen) atoms. The molecule has 0 aliphatic rings. The van der Waals surface area contributed by atoms with Crippen LogP contribution in [0, 0.1) is 5.92 Å². The zero-order valence-corrected chi connectivity index (χ0v) is 8.84. The Bertz CT molecular complexity index is 104. The molecule has 0 aromatic rings. The van der Waals surface area contributed by atoms with E-state index >= 15 is 0 Å². The predicted octanol–water partition coefficient (Wildman–Crippen LogP) is 2.52. The van der Waals surface area contributed by atoms with Crippen molar-refractivity contribution in [2.24, 2.45) is 11.7 Å². The third-order valence-electron chi connectivity index (χ3n) is 1.78. The highest BCUT2D eigenvalue weighted by Gasteiger charge is 2.09. The number of hydrogen-bond donors (Lipinski definition) is 1. The van der Waals surface area contributed by atoms with Crippen LogP contribution in [0.3, 0.4) is 0 Å². The van der Waals surface area contributed by atoms with E-state index in [1.54, 1.807) is 0 Å². The van der Waals surface area contributed by atoms with Crippen LogP contribution < -0.4 is 5.73 Å². The van der Waals surface area contributed by atoms with E-state index in [0.717, 1.165) is 19.3 Å². The Kier molecular flexibility index (Phi) is 6.39. The second kappa shape index (κ2) is 6.44. The van der Waals surface area contributed by atoms with Crippen LogP contribution in [0.2, 0.25) is 0 Å². The van der Waals surface area contributed by atoms with E-state index in [1.807, 2.05) is 0 Å². The maximum absolute atomic E-state index is 5.74. The van der Waals surface area contributed by atoms with Crippen molar-refractivity contribution in [3.63, 3.8) is 0 Å². The molecule has 0 heterocycles. The minimum atomic E-state index is -0.0660. The van der Waals surface area contributed by atoms with Gasteiger partial charge < -0.3 is 10.5 Å². The topological polar surface area (TPSA) is 35.2 Å². The van der Waals surface area contributed by atoms with Crippen LogP contribution >= 0.6 is 0 Å². The normalized spacial score (nSPS) is 16.5. The summed E-state index contributed by atoms with van der Waals surface area (Å²) in [6, 6.07) is 0. The molecule has 0 aliphatic heterocycles. The lowest BCUT2D eigenvalue weighted by Gasteiger charge is -2.19. The van der Waals surface area contributed by atoms with Gasteiger partial charge in [0.05, 0.1) is 6.10 Å². The van der Waals surface area contributed by atoms with Gasteiger partial charge in [0, 0.05) is 0 Å². The first-order valence-corrected chi connectivity index (χ1v) is 4.97. The van der Waals surface area contributed by atoms with E-state index in [1.165, 1.54) is 0 Å². The standard InChI is InChI=1S/C10H23NO/c1-5-6-10(11)12-9(4)7-8(2)3/h8-10H,5-7,11H2,1-4H3/t9-,10?/m0/s1. The van der Waals surface area contributed by atoms with Crippen LogP contribution in [0.25, 0.3) is 0 Å². The minimum absolute atomic E-state index is 0.0660. The summed E-state index contributed by atoms with van der Waals surface area (Å²) < 4.78 is 5.58. The van der Waals surface area contributed by atoms with Gasteiger partial charge in [-0.25, -0.2) is 0 Å². The van der Waals surface area contributed by atoms with Gasteiger partial charge in [-0.2, -0.15) is 0 Å². The maximum atomic E-state index is 5.74. The van der Waals surface area contributed by atoms with Crippen molar-refractivity contribution in [2.75, 3.05) is 0 Å². The van der Waals surface area contributed by atoms with Crippen LogP contribution in [0.1, 0.15) is 47.0 Å². The lowest BCUT2D eigenvalue weighted by Crippen LogP contribution is -2.28. The van der Waals surface area contributed by atoms with Crippen LogP contribution in [0.4, 0.5) is 0 Å². The average molecular weight is 173 g/mol. The fourth-order valence-corrected chi connectivity index (χ4v) is 1.37. The molecule has 0 amide bonds. The van der Waals surface area contributed by atoms with Crippen molar-refractivity contribution in [3.05, 3.63) is 0 Å². The van der Waals surface area contributed by atoms with Crippen LogP contribution in [-0.4, -0.2) is 12.3 Å². The van der Waals surface area contributed by atoms with E-state index in [-0.39, 0.29) is 6.23 Å². The molecular weight excluding hydrogens is 150 g/mol. The summed E-state index contributed by atoms with van der Waals surface area (Å²) in [5, 5.41) is 0. The second-order valence-corrected chi connectivity index (χ2v) is 3.90. The number of hydrogen-bond acceptors (Lipinski definition) is 2. The first-order chi connectivity index (χ1) is 5.56. The van der Waals surface area contributed by atoms with E-state index in [4.69, 9.17) is 10.5 Å². The molecule has 0 bridgehead atoms. The molecule has 0 saturated carbocycles. The summed E-state index contributed by atoms with van der Waals surface area (Å²) in [5.41, 5.74) is 5.74. The van der Waals surface area contributed by atoms with Gasteiger partial charge in [0.2, 0.25) is 0 Å². The van der Waals surface area contributed by atoms with Crippen LogP contribution in [0.5, 0.6) is 0 Å². The first kappa shape index (κ1) is 11.9. The molecule has 0 rings (SSSR count). The Morgan fingerprint density at radius 3 is 2.25 bits per heavy atom. The monoisotopic (exact) mass is 173 g/mol. The van der Waals surface area contributed by atoms with Gasteiger partial charge in [-0.05, 0) is 25.7 Å². The molecule has 0 aliphatic carbocycles. The third kappa shape index (κ3) is 6.62. The van der Waals surface area contributed by atoms with Gasteiger partial charge in [0.25, 0.3) is 0 Å². The molecule has 1 unspecified atom stereocenters. The van der Waals surface area contributed by atoms with Gasteiger partial charge in [-0.15, -0.1) is 0 Å². The Hall–Kier alpha value is -0.0800. The lowest BCUT2D eigenvalue weighted by molar-refractivity contribution is -0.0126. The molecule has 0 aromatic carbocycles. The zero-order valence-electron chi connectivity index (χ0n) is 8.84. The van der Waals surface area contributed by atoms with Gasteiger partial charge in [0.1, 0.15) is 6.23 Å². The molecule has 0 radical (unpaired) electrons. The highest BCUT2D eigenvalue weighted by molar-refractivity contribution is 4.56. The molecule has 0 saturated heterocycles. The summed E-state index contributed by atoms with van der Waals surface area (Å²) in [6.45, 7) is 8.61. The van der Waals surface area contributed by atoms with Crippen molar-refractivity contribution in [1.29, 1.82) is 0 Å². The molecule has 0 aromatic heterocycles. The fraction of sp³-hybridized carbons (Fsp3) is 1.00. The molecule has 2 nitrogen and oxygen atoms in total.